The van der Waals surface area contributed by atoms with E-state index in [1.54, 1.807) is 16.9 Å². The molecule has 0 saturated carbocycles. The molecule has 0 N–H and O–H groups in total. The van der Waals surface area contributed by atoms with E-state index in [-0.39, 0.29) is 0 Å². The highest BCUT2D eigenvalue weighted by Gasteiger charge is 1.91. The van der Waals surface area contributed by atoms with Gasteiger partial charge in [0.2, 0.25) is 0 Å². The fraction of sp³-hybridized carbons (Fsp3) is 0. The lowest BCUT2D eigenvalue weighted by Crippen LogP contribution is -1.91. The zero-order chi connectivity index (χ0) is 6.97. The molecule has 0 aliphatic rings. The molecule has 0 amide bonds. The summed E-state index contributed by atoms with van der Waals surface area (Å²) in [6, 6.07) is 3.72. The highest BCUT2D eigenvalue weighted by atomic mass is 15.2. The van der Waals surface area contributed by atoms with Gasteiger partial charge in [-0.15, -0.1) is 0 Å². The number of hydrogen-bond donors (Lipinski definition) is 0. The number of rotatable bonds is 0. The lowest BCUT2D eigenvalue weighted by Gasteiger charge is -1.91. The molecular formula is C7H6N3. The van der Waals surface area contributed by atoms with Gasteiger partial charge in [-0.25, -0.2) is 9.50 Å². The number of aromatic nitrogens is 3. The van der Waals surface area contributed by atoms with Crippen molar-refractivity contribution in [2.75, 3.05) is 0 Å². The molecule has 2 heterocycles. The summed E-state index contributed by atoms with van der Waals surface area (Å²) in [5.74, 6) is 0. The quantitative estimate of drug-likeness (QED) is 0.533. The van der Waals surface area contributed by atoms with Gasteiger partial charge in [-0.1, -0.05) is 0 Å². The average Bonchev–Trinajstić information content (AvgIpc) is 2.33. The van der Waals surface area contributed by atoms with Crippen LogP contribution in [0.4, 0.5) is 0 Å². The molecule has 0 saturated heterocycles. The molecule has 0 aliphatic heterocycles. The predicted octanol–water partition coefficient (Wildman–Crippen LogP) is 0.911. The number of nitrogens with zero attached hydrogens (tertiary/aromatic N) is 3. The Morgan fingerprint density at radius 3 is 3.20 bits per heavy atom. The minimum Gasteiger partial charge on any atom is -0.236 e. The number of fused-ring (bicyclic) bond motifs is 1. The van der Waals surface area contributed by atoms with Crippen molar-refractivity contribution in [3.8, 4) is 0 Å². The Kier molecular flexibility index (Phi) is 0.974. The first-order chi connectivity index (χ1) is 4.86. The van der Waals surface area contributed by atoms with Gasteiger partial charge in [0.25, 0.3) is 0 Å². The maximum absolute atomic E-state index is 4.08. The Morgan fingerprint density at radius 1 is 1.40 bits per heavy atom. The molecule has 10 heavy (non-hydrogen) atoms. The van der Waals surface area contributed by atoms with Crippen molar-refractivity contribution < 1.29 is 0 Å². The molecule has 2 rings (SSSR count). The molecule has 0 bridgehead atoms. The number of hydrogen-bond acceptors (Lipinski definition) is 2. The fourth-order valence-corrected chi connectivity index (χ4v) is 0.855. The van der Waals surface area contributed by atoms with Crippen LogP contribution in [-0.4, -0.2) is 14.6 Å². The number of imidazole rings is 1. The lowest BCUT2D eigenvalue weighted by molar-refractivity contribution is 0.918. The SMILES string of the molecule is [CH2]c1ccc2nccn2n1. The zero-order valence-corrected chi connectivity index (χ0v) is 5.36. The highest BCUT2D eigenvalue weighted by molar-refractivity contribution is 5.36. The third kappa shape index (κ3) is 0.673. The van der Waals surface area contributed by atoms with Crippen molar-refractivity contribution in [2.45, 2.75) is 0 Å². The van der Waals surface area contributed by atoms with Crippen LogP contribution in [-0.2, 0) is 0 Å². The molecule has 2 aromatic rings. The largest absolute Gasteiger partial charge is 0.236 e. The third-order valence-corrected chi connectivity index (χ3v) is 1.31. The summed E-state index contributed by atoms with van der Waals surface area (Å²) in [5, 5.41) is 4.08. The van der Waals surface area contributed by atoms with Crippen LogP contribution >= 0.6 is 0 Å². The molecule has 0 atom stereocenters. The van der Waals surface area contributed by atoms with Gasteiger partial charge in [0.05, 0.1) is 5.69 Å². The molecule has 0 spiro atoms. The molecule has 3 heteroatoms. The first kappa shape index (κ1) is 5.41. The van der Waals surface area contributed by atoms with Crippen molar-refractivity contribution in [3.63, 3.8) is 0 Å². The van der Waals surface area contributed by atoms with E-state index in [2.05, 4.69) is 17.0 Å². The second-order valence-corrected chi connectivity index (χ2v) is 2.05. The average molecular weight is 132 g/mol. The summed E-state index contributed by atoms with van der Waals surface area (Å²) in [4.78, 5) is 4.03. The normalized spacial score (nSPS) is 10.5. The summed E-state index contributed by atoms with van der Waals surface area (Å²) >= 11 is 0. The first-order valence-corrected chi connectivity index (χ1v) is 2.98. The third-order valence-electron chi connectivity index (χ3n) is 1.31. The summed E-state index contributed by atoms with van der Waals surface area (Å²) < 4.78 is 1.70. The van der Waals surface area contributed by atoms with Crippen LogP contribution in [0.3, 0.4) is 0 Å². The smallest absolute Gasteiger partial charge is 0.153 e. The van der Waals surface area contributed by atoms with E-state index < -0.39 is 0 Å². The van der Waals surface area contributed by atoms with Crippen molar-refractivity contribution in [1.29, 1.82) is 0 Å². The van der Waals surface area contributed by atoms with Gasteiger partial charge in [-0.3, -0.25) is 0 Å². The van der Waals surface area contributed by atoms with Crippen LogP contribution in [0.2, 0.25) is 0 Å². The summed E-state index contributed by atoms with van der Waals surface area (Å²) in [6.45, 7) is 3.69. The molecule has 2 aromatic heterocycles. The Bertz CT molecular complexity index is 350. The van der Waals surface area contributed by atoms with E-state index in [0.717, 1.165) is 11.3 Å². The summed E-state index contributed by atoms with van der Waals surface area (Å²) in [5.41, 5.74) is 1.61. The second kappa shape index (κ2) is 1.80. The molecule has 49 valence electrons. The maximum atomic E-state index is 4.08. The zero-order valence-electron chi connectivity index (χ0n) is 5.36. The van der Waals surface area contributed by atoms with Crippen molar-refractivity contribution >= 4 is 5.65 Å². The van der Waals surface area contributed by atoms with Gasteiger partial charge in [0.1, 0.15) is 0 Å². The van der Waals surface area contributed by atoms with Crippen molar-refractivity contribution in [3.05, 3.63) is 37.1 Å². The van der Waals surface area contributed by atoms with E-state index in [9.17, 15) is 0 Å². The van der Waals surface area contributed by atoms with Crippen LogP contribution < -0.4 is 0 Å². The molecule has 0 aliphatic carbocycles. The molecule has 0 fully saturated rings. The molecular weight excluding hydrogens is 126 g/mol. The maximum Gasteiger partial charge on any atom is 0.153 e. The Labute approximate surface area is 58.3 Å². The van der Waals surface area contributed by atoms with Gasteiger partial charge in [-0.05, 0) is 19.1 Å². The van der Waals surface area contributed by atoms with Gasteiger partial charge in [0, 0.05) is 12.4 Å². The minimum absolute atomic E-state index is 0.755. The molecule has 1 radical (unpaired) electrons. The summed E-state index contributed by atoms with van der Waals surface area (Å²) in [6.07, 6.45) is 3.51. The van der Waals surface area contributed by atoms with Gasteiger partial charge in [-0.2, -0.15) is 5.10 Å². The lowest BCUT2D eigenvalue weighted by atomic mass is 10.4. The van der Waals surface area contributed by atoms with Gasteiger partial charge < -0.3 is 0 Å². The van der Waals surface area contributed by atoms with Gasteiger partial charge >= 0.3 is 0 Å². The predicted molar refractivity (Wildman–Crippen MR) is 37.4 cm³/mol. The van der Waals surface area contributed by atoms with E-state index in [1.807, 2.05) is 12.1 Å². The standard InChI is InChI=1S/C7H6N3/c1-6-2-3-7-8-4-5-10(7)9-6/h2-5H,1H2. The van der Waals surface area contributed by atoms with E-state index >= 15 is 0 Å². The van der Waals surface area contributed by atoms with Crippen molar-refractivity contribution in [2.24, 2.45) is 0 Å². The van der Waals surface area contributed by atoms with Crippen LogP contribution in [0.1, 0.15) is 5.69 Å². The highest BCUT2D eigenvalue weighted by Crippen LogP contribution is 1.97. The first-order valence-electron chi connectivity index (χ1n) is 2.98. The monoisotopic (exact) mass is 132 g/mol. The Balaban J connectivity index is 2.86. The van der Waals surface area contributed by atoms with E-state index in [0.29, 0.717) is 0 Å². The van der Waals surface area contributed by atoms with Crippen LogP contribution in [0, 0.1) is 6.92 Å². The molecule has 0 unspecified atom stereocenters. The van der Waals surface area contributed by atoms with Crippen LogP contribution in [0.15, 0.2) is 24.5 Å². The summed E-state index contributed by atoms with van der Waals surface area (Å²) in [7, 11) is 0. The Hall–Kier alpha value is -1.38. The van der Waals surface area contributed by atoms with E-state index in [1.165, 1.54) is 0 Å². The fourth-order valence-electron chi connectivity index (χ4n) is 0.855. The van der Waals surface area contributed by atoms with E-state index in [4.69, 9.17) is 0 Å². The Morgan fingerprint density at radius 2 is 2.30 bits per heavy atom. The minimum atomic E-state index is 0.755. The van der Waals surface area contributed by atoms with Crippen molar-refractivity contribution in [1.82, 2.24) is 14.6 Å². The molecule has 3 nitrogen and oxygen atoms in total. The molecule has 0 aromatic carbocycles. The van der Waals surface area contributed by atoms with Gasteiger partial charge in [0.15, 0.2) is 5.65 Å². The topological polar surface area (TPSA) is 30.2 Å². The van der Waals surface area contributed by atoms with Crippen LogP contribution in [0.5, 0.6) is 0 Å². The van der Waals surface area contributed by atoms with Crippen LogP contribution in [0.25, 0.3) is 5.65 Å². The second-order valence-electron chi connectivity index (χ2n) is 2.05.